The highest BCUT2D eigenvalue weighted by Crippen LogP contribution is 2.26. The second-order valence-corrected chi connectivity index (χ2v) is 15.5. The molecule has 0 spiro atoms. The first-order valence-corrected chi connectivity index (χ1v) is 18.9. The van der Waals surface area contributed by atoms with Gasteiger partial charge >= 0.3 is 0 Å². The molecule has 0 saturated carbocycles. The molecule has 0 aliphatic heterocycles. The third-order valence-electron chi connectivity index (χ3n) is 8.47. The maximum atomic E-state index is 12.4. The van der Waals surface area contributed by atoms with Crippen LogP contribution in [0.1, 0.15) is 47.8 Å². The maximum absolute atomic E-state index is 12.4. The van der Waals surface area contributed by atoms with Crippen molar-refractivity contribution in [2.75, 3.05) is 10.6 Å². The Kier molecular flexibility index (Phi) is 13.0. The third kappa shape index (κ3) is 9.88. The van der Waals surface area contributed by atoms with Crippen molar-refractivity contribution in [2.24, 2.45) is 4.40 Å². The second kappa shape index (κ2) is 18.5. The first-order valence-electron chi connectivity index (χ1n) is 17.8. The van der Waals surface area contributed by atoms with Crippen LogP contribution in [0.3, 0.4) is 0 Å². The van der Waals surface area contributed by atoms with Crippen LogP contribution < -0.4 is 10.6 Å². The van der Waals surface area contributed by atoms with E-state index in [1.807, 2.05) is 130 Å². The molecule has 8 aromatic rings. The highest BCUT2D eigenvalue weighted by Gasteiger charge is 2.26. The molecule has 57 heavy (non-hydrogen) atoms. The minimum Gasteiger partial charge on any atom is -0.591 e. The van der Waals surface area contributed by atoms with Gasteiger partial charge in [0.05, 0.1) is 41.1 Å². The number of pyridine rings is 2. The summed E-state index contributed by atoms with van der Waals surface area (Å²) in [6.07, 6.45) is 12.7. The summed E-state index contributed by atoms with van der Waals surface area (Å²) in [5, 5.41) is 15.6. The van der Waals surface area contributed by atoms with E-state index in [2.05, 4.69) is 40.2 Å². The van der Waals surface area contributed by atoms with E-state index in [4.69, 9.17) is 4.98 Å². The Balaban J connectivity index is 0.000000193. The average molecular weight is 796 g/mol. The van der Waals surface area contributed by atoms with E-state index >= 15 is 0 Å². The minimum atomic E-state index is -1.36. The number of nitrogens with one attached hydrogen (secondary N) is 2. The van der Waals surface area contributed by atoms with Crippen molar-refractivity contribution >= 4 is 60.3 Å². The summed E-state index contributed by atoms with van der Waals surface area (Å²) < 4.78 is 19.6. The number of hydrogen-bond donors (Lipinski definition) is 2. The first-order chi connectivity index (χ1) is 27.3. The monoisotopic (exact) mass is 795 g/mol. The SMILES string of the molecule is CC(C)(C)[S+]([O-])N=Cc1cnn2c(NCc3cccnc3)cc(-c3ccccc3)nc12.O=Cc1cnn2c(NCc3cccnc3)cc(-c3ccccc3)nc12.S. The van der Waals surface area contributed by atoms with Gasteiger partial charge in [-0.2, -0.15) is 32.7 Å². The molecule has 0 bridgehead atoms. The number of fused-ring (bicyclic) bond motifs is 2. The number of aromatic nitrogens is 8. The molecule has 15 heteroatoms. The lowest BCUT2D eigenvalue weighted by Crippen LogP contribution is -2.25. The molecule has 6 aromatic heterocycles. The van der Waals surface area contributed by atoms with E-state index in [1.165, 1.54) is 6.20 Å². The van der Waals surface area contributed by atoms with Crippen LogP contribution in [0.25, 0.3) is 33.8 Å². The summed E-state index contributed by atoms with van der Waals surface area (Å²) in [6.45, 7) is 6.87. The molecule has 0 saturated heterocycles. The Hall–Kier alpha value is -6.42. The third-order valence-corrected chi connectivity index (χ3v) is 9.81. The van der Waals surface area contributed by atoms with Gasteiger partial charge in [0.1, 0.15) is 27.7 Å². The normalized spacial score (nSPS) is 11.8. The van der Waals surface area contributed by atoms with E-state index in [0.29, 0.717) is 35.5 Å². The lowest BCUT2D eigenvalue weighted by atomic mass is 10.1. The fraction of sp³-hybridized carbons (Fsp3) is 0.143. The number of hydrogen-bond acceptors (Lipinski definition) is 11. The molecule has 1 atom stereocenters. The van der Waals surface area contributed by atoms with E-state index in [-0.39, 0.29) is 13.5 Å². The van der Waals surface area contributed by atoms with Crippen molar-refractivity contribution in [3.05, 3.63) is 156 Å². The number of nitrogens with zero attached hydrogens (tertiary/aromatic N) is 9. The Labute approximate surface area is 340 Å². The van der Waals surface area contributed by atoms with Crippen LogP contribution in [0.4, 0.5) is 11.6 Å². The minimum absolute atomic E-state index is 0. The summed E-state index contributed by atoms with van der Waals surface area (Å²) in [7, 11) is 0. The molecule has 8 rings (SSSR count). The van der Waals surface area contributed by atoms with Gasteiger partial charge in [-0.25, -0.2) is 9.97 Å². The fourth-order valence-electron chi connectivity index (χ4n) is 5.55. The summed E-state index contributed by atoms with van der Waals surface area (Å²) in [5.74, 6) is 1.56. The highest BCUT2D eigenvalue weighted by molar-refractivity contribution is 7.91. The van der Waals surface area contributed by atoms with E-state index in [0.717, 1.165) is 51.6 Å². The zero-order chi connectivity index (χ0) is 38.9. The number of rotatable bonds is 11. The largest absolute Gasteiger partial charge is 0.591 e. The molecule has 0 aliphatic carbocycles. The Bertz CT molecular complexity index is 2560. The highest BCUT2D eigenvalue weighted by atomic mass is 32.2. The standard InChI is InChI=1S/C23H24N6OS.C19H15N5O.H2S/c1-23(2,3)31(30)27-16-19-15-26-29-21(25-14-17-8-7-11-24-13-17)12-20(28-22(19)29)18-9-5-4-6-10-18;25-13-16-12-22-24-18(21-11-14-5-4-8-20-10-14)9-17(23-19(16)24)15-6-2-1-3-7-15;/h4-13,15-16,25H,14H2,1-3H3;1-10,12-13,21H,11H2;1H2. The fourth-order valence-corrected chi connectivity index (χ4v) is 6.08. The quantitative estimate of drug-likeness (QED) is 0.0757. The Morgan fingerprint density at radius 2 is 1.16 bits per heavy atom. The summed E-state index contributed by atoms with van der Waals surface area (Å²) >= 11 is -1.36. The van der Waals surface area contributed by atoms with Crippen LogP contribution in [0.2, 0.25) is 0 Å². The van der Waals surface area contributed by atoms with Crippen molar-refractivity contribution in [2.45, 2.75) is 38.6 Å². The second-order valence-electron chi connectivity index (χ2n) is 13.6. The predicted octanol–water partition coefficient (Wildman–Crippen LogP) is 7.61. The molecule has 0 radical (unpaired) electrons. The van der Waals surface area contributed by atoms with Crippen molar-refractivity contribution in [3.8, 4) is 22.5 Å². The molecule has 13 nitrogen and oxygen atoms in total. The molecule has 2 aromatic carbocycles. The number of carbonyl (C=O) groups is 1. The van der Waals surface area contributed by atoms with Crippen LogP contribution in [-0.4, -0.2) is 61.0 Å². The zero-order valence-electron chi connectivity index (χ0n) is 31.5. The van der Waals surface area contributed by atoms with Gasteiger partial charge in [-0.05, 0) is 44.0 Å². The molecule has 0 fully saturated rings. The van der Waals surface area contributed by atoms with Crippen LogP contribution in [0, 0.1) is 0 Å². The van der Waals surface area contributed by atoms with Crippen LogP contribution >= 0.6 is 13.5 Å². The van der Waals surface area contributed by atoms with Crippen LogP contribution in [-0.2, 0) is 24.5 Å². The first kappa shape index (κ1) is 40.2. The lowest BCUT2D eigenvalue weighted by molar-refractivity contribution is 0.112. The van der Waals surface area contributed by atoms with Gasteiger partial charge < -0.3 is 15.2 Å². The van der Waals surface area contributed by atoms with Crippen LogP contribution in [0.5, 0.6) is 0 Å². The molecular weight excluding hydrogens is 755 g/mol. The van der Waals surface area contributed by atoms with E-state index in [1.54, 1.807) is 33.8 Å². The molecular formula is C42H41N11O2S2. The molecule has 288 valence electrons. The summed E-state index contributed by atoms with van der Waals surface area (Å²) in [5.41, 5.74) is 8.03. The van der Waals surface area contributed by atoms with E-state index in [9.17, 15) is 9.35 Å². The Morgan fingerprint density at radius 3 is 1.60 bits per heavy atom. The van der Waals surface area contributed by atoms with Gasteiger partial charge in [0, 0.05) is 61.1 Å². The predicted molar refractivity (Wildman–Crippen MR) is 231 cm³/mol. The van der Waals surface area contributed by atoms with Crippen molar-refractivity contribution in [1.29, 1.82) is 0 Å². The Morgan fingerprint density at radius 1 is 0.684 bits per heavy atom. The van der Waals surface area contributed by atoms with E-state index < -0.39 is 16.1 Å². The number of benzene rings is 2. The van der Waals surface area contributed by atoms with Gasteiger partial charge in [-0.15, -0.1) is 0 Å². The molecule has 2 N–H and O–H groups in total. The molecule has 6 heterocycles. The molecule has 0 aliphatic rings. The van der Waals surface area contributed by atoms with Gasteiger partial charge in [-0.1, -0.05) is 77.2 Å². The number of carbonyl (C=O) groups excluding carboxylic acids is 1. The van der Waals surface area contributed by atoms with Gasteiger partial charge in [0.15, 0.2) is 17.6 Å². The zero-order valence-corrected chi connectivity index (χ0v) is 33.3. The van der Waals surface area contributed by atoms with Crippen molar-refractivity contribution < 1.29 is 9.35 Å². The van der Waals surface area contributed by atoms with Gasteiger partial charge in [-0.3, -0.25) is 14.8 Å². The maximum Gasteiger partial charge on any atom is 0.168 e. The lowest BCUT2D eigenvalue weighted by Gasteiger charge is -2.17. The smallest absolute Gasteiger partial charge is 0.168 e. The topological polar surface area (TPSA) is 163 Å². The van der Waals surface area contributed by atoms with Gasteiger partial charge in [0.2, 0.25) is 0 Å². The molecule has 0 amide bonds. The summed E-state index contributed by atoms with van der Waals surface area (Å²) in [4.78, 5) is 29.0. The number of anilines is 2. The van der Waals surface area contributed by atoms with Gasteiger partial charge in [0.25, 0.3) is 0 Å². The van der Waals surface area contributed by atoms with Crippen LogP contribution in [0.15, 0.2) is 139 Å². The number of aldehydes is 1. The summed E-state index contributed by atoms with van der Waals surface area (Å²) in [6, 6.07) is 31.5. The van der Waals surface area contributed by atoms with Crippen molar-refractivity contribution in [3.63, 3.8) is 0 Å². The molecule has 1 unspecified atom stereocenters. The average Bonchev–Trinajstić information content (AvgIpc) is 3.86. The van der Waals surface area contributed by atoms with Crippen molar-refractivity contribution in [1.82, 2.24) is 39.2 Å².